The van der Waals surface area contributed by atoms with Gasteiger partial charge in [-0.1, -0.05) is 45.2 Å². The van der Waals surface area contributed by atoms with Crippen molar-refractivity contribution in [2.45, 2.75) is 26.2 Å². The van der Waals surface area contributed by atoms with E-state index in [1.807, 2.05) is 13.8 Å². The monoisotopic (exact) mass is 498 g/mol. The lowest BCUT2D eigenvalue weighted by molar-refractivity contribution is 0.0520. The van der Waals surface area contributed by atoms with Crippen molar-refractivity contribution in [2.75, 3.05) is 6.61 Å². The number of nitrogens with zero attached hydrogens (tertiary/aromatic N) is 2. The third-order valence-corrected chi connectivity index (χ3v) is 5.63. The molecule has 0 aliphatic carbocycles. The van der Waals surface area contributed by atoms with E-state index >= 15 is 0 Å². The van der Waals surface area contributed by atoms with Crippen LogP contribution < -0.4 is 0 Å². The van der Waals surface area contributed by atoms with E-state index in [-0.39, 0.29) is 18.0 Å². The lowest BCUT2D eigenvalue weighted by Crippen LogP contribution is -2.25. The second-order valence-corrected chi connectivity index (χ2v) is 8.59. The van der Waals surface area contributed by atoms with Gasteiger partial charge in [-0.15, -0.1) is 0 Å². The third-order valence-electron chi connectivity index (χ3n) is 4.51. The summed E-state index contributed by atoms with van der Waals surface area (Å²) in [7, 11) is 0. The first kappa shape index (κ1) is 21.8. The average Bonchev–Trinajstić information content (AvgIpc) is 3.07. The molecule has 0 atom stereocenters. The number of benzene rings is 2. The van der Waals surface area contributed by atoms with Crippen molar-refractivity contribution in [2.24, 2.45) is 0 Å². The quantitative estimate of drug-likeness (QED) is 0.372. The van der Waals surface area contributed by atoms with Crippen LogP contribution in [-0.2, 0) is 10.2 Å². The molecule has 1 aromatic heterocycles. The minimum Gasteiger partial charge on any atom is -0.461 e. The SMILES string of the molecule is CCOC(=O)c1cn(-c2ccc(Br)cc2F)c(C(C)(C)c2c(Cl)cccc2Cl)n1. The zero-order valence-corrected chi connectivity index (χ0v) is 19.1. The van der Waals surface area contributed by atoms with Crippen molar-refractivity contribution < 1.29 is 13.9 Å². The van der Waals surface area contributed by atoms with Gasteiger partial charge in [-0.25, -0.2) is 14.2 Å². The summed E-state index contributed by atoms with van der Waals surface area (Å²) in [6, 6.07) is 9.86. The molecule has 0 N–H and O–H groups in total. The molecule has 0 saturated carbocycles. The average molecular weight is 500 g/mol. The fraction of sp³-hybridized carbons (Fsp3) is 0.238. The number of halogens is 4. The van der Waals surface area contributed by atoms with E-state index in [0.29, 0.717) is 25.9 Å². The predicted molar refractivity (Wildman–Crippen MR) is 116 cm³/mol. The Morgan fingerprint density at radius 2 is 1.90 bits per heavy atom. The molecule has 0 amide bonds. The fourth-order valence-corrected chi connectivity index (χ4v) is 4.39. The molecule has 0 aliphatic heterocycles. The number of rotatable bonds is 5. The minimum absolute atomic E-state index is 0.0698. The number of hydrogen-bond donors (Lipinski definition) is 0. The molecule has 29 heavy (non-hydrogen) atoms. The highest BCUT2D eigenvalue weighted by molar-refractivity contribution is 9.10. The number of aromatic nitrogens is 2. The maximum absolute atomic E-state index is 14.8. The Bertz CT molecular complexity index is 1060. The Hall–Kier alpha value is -1.89. The molecule has 1 heterocycles. The van der Waals surface area contributed by atoms with Gasteiger partial charge < -0.3 is 4.74 Å². The fourth-order valence-electron chi connectivity index (χ4n) is 3.19. The van der Waals surface area contributed by atoms with Crippen molar-refractivity contribution in [3.63, 3.8) is 0 Å². The summed E-state index contributed by atoms with van der Waals surface area (Å²) < 4.78 is 22.0. The molecule has 0 bridgehead atoms. The minimum atomic E-state index is -0.848. The summed E-state index contributed by atoms with van der Waals surface area (Å²) in [6.07, 6.45) is 1.46. The van der Waals surface area contributed by atoms with Gasteiger partial charge in [0.05, 0.1) is 17.7 Å². The van der Waals surface area contributed by atoms with Crippen LogP contribution in [0.4, 0.5) is 4.39 Å². The number of imidazole rings is 1. The van der Waals surface area contributed by atoms with Crippen molar-refractivity contribution in [3.05, 3.63) is 80.0 Å². The van der Waals surface area contributed by atoms with E-state index in [1.165, 1.54) is 16.8 Å². The molecule has 0 unspecified atom stereocenters. The molecular weight excluding hydrogens is 482 g/mol. The van der Waals surface area contributed by atoms with Crippen LogP contribution in [0.2, 0.25) is 10.0 Å². The first-order valence-electron chi connectivity index (χ1n) is 8.83. The first-order chi connectivity index (χ1) is 13.7. The zero-order chi connectivity index (χ0) is 21.3. The van der Waals surface area contributed by atoms with Gasteiger partial charge in [-0.2, -0.15) is 0 Å². The second-order valence-electron chi connectivity index (χ2n) is 6.86. The van der Waals surface area contributed by atoms with Crippen LogP contribution in [0.15, 0.2) is 47.1 Å². The highest BCUT2D eigenvalue weighted by atomic mass is 79.9. The number of carbonyl (C=O) groups excluding carboxylic acids is 1. The first-order valence-corrected chi connectivity index (χ1v) is 10.4. The maximum Gasteiger partial charge on any atom is 0.358 e. The Morgan fingerprint density at radius 1 is 1.24 bits per heavy atom. The van der Waals surface area contributed by atoms with Crippen LogP contribution in [0.1, 0.15) is 42.6 Å². The Morgan fingerprint density at radius 3 is 2.48 bits per heavy atom. The molecule has 0 radical (unpaired) electrons. The Labute approximate surface area is 186 Å². The van der Waals surface area contributed by atoms with Gasteiger partial charge in [0.1, 0.15) is 11.6 Å². The number of esters is 1. The molecule has 0 spiro atoms. The van der Waals surface area contributed by atoms with Crippen molar-refractivity contribution in [1.82, 2.24) is 9.55 Å². The molecular formula is C21H18BrCl2FN2O2. The Kier molecular flexibility index (Phi) is 6.36. The maximum atomic E-state index is 14.8. The van der Waals surface area contributed by atoms with Crippen LogP contribution in [-0.4, -0.2) is 22.1 Å². The smallest absolute Gasteiger partial charge is 0.358 e. The molecule has 0 fully saturated rings. The van der Waals surface area contributed by atoms with Crippen LogP contribution in [0.3, 0.4) is 0 Å². The van der Waals surface area contributed by atoms with E-state index in [1.54, 1.807) is 37.3 Å². The highest BCUT2D eigenvalue weighted by Gasteiger charge is 2.35. The number of hydrogen-bond acceptors (Lipinski definition) is 3. The van der Waals surface area contributed by atoms with Crippen LogP contribution >= 0.6 is 39.1 Å². The van der Waals surface area contributed by atoms with E-state index in [0.717, 1.165) is 0 Å². The Balaban J connectivity index is 2.28. The lowest BCUT2D eigenvalue weighted by Gasteiger charge is -2.28. The molecule has 152 valence electrons. The van der Waals surface area contributed by atoms with Crippen LogP contribution in [0, 0.1) is 5.82 Å². The third kappa shape index (κ3) is 4.20. The normalized spacial score (nSPS) is 11.6. The van der Waals surface area contributed by atoms with Gasteiger partial charge >= 0.3 is 5.97 Å². The molecule has 0 saturated heterocycles. The summed E-state index contributed by atoms with van der Waals surface area (Å²) in [5, 5.41) is 0.900. The molecule has 2 aromatic carbocycles. The van der Waals surface area contributed by atoms with E-state index in [2.05, 4.69) is 20.9 Å². The lowest BCUT2D eigenvalue weighted by atomic mass is 9.83. The van der Waals surface area contributed by atoms with Crippen molar-refractivity contribution >= 4 is 45.1 Å². The van der Waals surface area contributed by atoms with E-state index in [9.17, 15) is 9.18 Å². The van der Waals surface area contributed by atoms with E-state index < -0.39 is 17.2 Å². The molecule has 0 aliphatic rings. The summed E-state index contributed by atoms with van der Waals surface area (Å²) in [6.45, 7) is 5.64. The van der Waals surface area contributed by atoms with Crippen molar-refractivity contribution in [1.29, 1.82) is 0 Å². The van der Waals surface area contributed by atoms with Gasteiger partial charge in [0.15, 0.2) is 5.69 Å². The largest absolute Gasteiger partial charge is 0.461 e. The standard InChI is InChI=1S/C21H18BrCl2FN2O2/c1-4-29-19(28)16-11-27(17-9-8-12(22)10-15(17)25)20(26-16)21(2,3)18-13(23)6-5-7-14(18)24/h5-11H,4H2,1-3H3. The van der Waals surface area contributed by atoms with Gasteiger partial charge in [-0.3, -0.25) is 4.57 Å². The van der Waals surface area contributed by atoms with Crippen molar-refractivity contribution in [3.8, 4) is 5.69 Å². The topological polar surface area (TPSA) is 44.1 Å². The highest BCUT2D eigenvalue weighted by Crippen LogP contribution is 2.40. The summed E-state index contributed by atoms with van der Waals surface area (Å²) in [4.78, 5) is 16.8. The summed E-state index contributed by atoms with van der Waals surface area (Å²) in [5.74, 6) is -0.669. The summed E-state index contributed by atoms with van der Waals surface area (Å²) >= 11 is 16.1. The molecule has 4 nitrogen and oxygen atoms in total. The van der Waals surface area contributed by atoms with Crippen LogP contribution in [0.5, 0.6) is 0 Å². The van der Waals surface area contributed by atoms with Gasteiger partial charge in [0.25, 0.3) is 0 Å². The zero-order valence-electron chi connectivity index (χ0n) is 16.0. The second kappa shape index (κ2) is 8.46. The number of carbonyl (C=O) groups is 1. The van der Waals surface area contributed by atoms with Gasteiger partial charge in [0.2, 0.25) is 0 Å². The van der Waals surface area contributed by atoms with E-state index in [4.69, 9.17) is 27.9 Å². The predicted octanol–water partition coefficient (Wildman–Crippen LogP) is 6.58. The molecule has 3 rings (SSSR count). The van der Waals surface area contributed by atoms with Gasteiger partial charge in [-0.05, 0) is 51.1 Å². The summed E-state index contributed by atoms with van der Waals surface area (Å²) in [5.41, 5.74) is 0.0886. The van der Waals surface area contributed by atoms with Crippen LogP contribution in [0.25, 0.3) is 5.69 Å². The molecule has 8 heteroatoms. The molecule has 3 aromatic rings. The number of ether oxygens (including phenoxy) is 1. The van der Waals surface area contributed by atoms with Gasteiger partial charge in [0, 0.05) is 26.3 Å².